The predicted octanol–water partition coefficient (Wildman–Crippen LogP) is 2.56. The number of hydrogen-bond acceptors (Lipinski definition) is 4. The van der Waals surface area contributed by atoms with Gasteiger partial charge in [-0.05, 0) is 44.2 Å². The average Bonchev–Trinajstić information content (AvgIpc) is 2.47. The van der Waals surface area contributed by atoms with E-state index in [9.17, 15) is 15.0 Å². The predicted molar refractivity (Wildman–Crippen MR) is 80.6 cm³/mol. The number of phenols is 2. The third-order valence-corrected chi connectivity index (χ3v) is 2.98. The number of hydrogen-bond donors (Lipinski definition) is 3. The van der Waals surface area contributed by atoms with Gasteiger partial charge >= 0.3 is 0 Å². The van der Waals surface area contributed by atoms with Crippen LogP contribution in [-0.4, -0.2) is 21.8 Å². The van der Waals surface area contributed by atoms with Gasteiger partial charge in [0.05, 0.1) is 5.71 Å². The minimum absolute atomic E-state index is 0.0136. The summed E-state index contributed by atoms with van der Waals surface area (Å²) in [6, 6.07) is 11.1. The fourth-order valence-corrected chi connectivity index (χ4v) is 1.85. The Balaban J connectivity index is 2.17. The zero-order chi connectivity index (χ0) is 15.4. The first-order valence-electron chi connectivity index (χ1n) is 6.41. The maximum atomic E-state index is 11.9. The highest BCUT2D eigenvalue weighted by molar-refractivity contribution is 6.02. The van der Waals surface area contributed by atoms with Crippen LogP contribution in [0.5, 0.6) is 11.5 Å². The molecule has 0 radical (unpaired) electrons. The number of nitrogens with one attached hydrogen (secondary N) is 1. The van der Waals surface area contributed by atoms with Crippen molar-refractivity contribution in [3.05, 3.63) is 59.2 Å². The Labute approximate surface area is 122 Å². The summed E-state index contributed by atoms with van der Waals surface area (Å²) in [5.74, 6) is -0.314. The van der Waals surface area contributed by atoms with Gasteiger partial charge in [0.1, 0.15) is 11.5 Å². The second-order valence-electron chi connectivity index (χ2n) is 4.71. The van der Waals surface area contributed by atoms with Gasteiger partial charge in [-0.2, -0.15) is 5.10 Å². The molecule has 0 saturated carbocycles. The van der Waals surface area contributed by atoms with E-state index in [4.69, 9.17) is 0 Å². The SMILES string of the molecule is C/C(=N\NC(=O)c1cccc(O)c1)c1cc(C)ccc1O. The number of nitrogens with zero attached hydrogens (tertiary/aromatic N) is 1. The number of amides is 1. The summed E-state index contributed by atoms with van der Waals surface area (Å²) < 4.78 is 0. The van der Waals surface area contributed by atoms with Crippen molar-refractivity contribution in [2.24, 2.45) is 5.10 Å². The maximum absolute atomic E-state index is 11.9. The first-order valence-corrected chi connectivity index (χ1v) is 6.41. The van der Waals surface area contributed by atoms with Crippen molar-refractivity contribution in [3.63, 3.8) is 0 Å². The van der Waals surface area contributed by atoms with Crippen LogP contribution in [0.15, 0.2) is 47.6 Å². The van der Waals surface area contributed by atoms with E-state index < -0.39 is 5.91 Å². The first kappa shape index (κ1) is 14.6. The number of phenolic OH excluding ortho intramolecular Hbond substituents is 2. The number of aromatic hydroxyl groups is 2. The van der Waals surface area contributed by atoms with Crippen molar-refractivity contribution in [2.45, 2.75) is 13.8 Å². The summed E-state index contributed by atoms with van der Waals surface area (Å²) in [5, 5.41) is 23.1. The number of rotatable bonds is 3. The van der Waals surface area contributed by atoms with Gasteiger partial charge in [0.15, 0.2) is 0 Å². The molecule has 5 heteroatoms. The monoisotopic (exact) mass is 284 g/mol. The summed E-state index contributed by atoms with van der Waals surface area (Å²) in [6.07, 6.45) is 0. The van der Waals surface area contributed by atoms with Crippen LogP contribution in [0.1, 0.15) is 28.4 Å². The van der Waals surface area contributed by atoms with Gasteiger partial charge in [0.25, 0.3) is 5.91 Å². The molecule has 5 nitrogen and oxygen atoms in total. The molecular formula is C16H16N2O3. The Hall–Kier alpha value is -2.82. The van der Waals surface area contributed by atoms with E-state index in [0.29, 0.717) is 16.8 Å². The maximum Gasteiger partial charge on any atom is 0.271 e. The molecule has 0 aliphatic rings. The van der Waals surface area contributed by atoms with Gasteiger partial charge in [-0.3, -0.25) is 4.79 Å². The second kappa shape index (κ2) is 6.09. The molecule has 2 rings (SSSR count). The third-order valence-electron chi connectivity index (χ3n) is 2.98. The summed E-state index contributed by atoms with van der Waals surface area (Å²) in [7, 11) is 0. The molecule has 2 aromatic carbocycles. The molecule has 0 spiro atoms. The van der Waals surface area contributed by atoms with Crippen LogP contribution in [0.3, 0.4) is 0 Å². The van der Waals surface area contributed by atoms with Crippen molar-refractivity contribution < 1.29 is 15.0 Å². The molecule has 0 heterocycles. The topological polar surface area (TPSA) is 81.9 Å². The van der Waals surface area contributed by atoms with Crippen molar-refractivity contribution in [1.82, 2.24) is 5.43 Å². The van der Waals surface area contributed by atoms with Crippen molar-refractivity contribution >= 4 is 11.6 Å². The molecule has 0 bridgehead atoms. The van der Waals surface area contributed by atoms with Crippen LogP contribution >= 0.6 is 0 Å². The first-order chi connectivity index (χ1) is 9.97. The summed E-state index contributed by atoms with van der Waals surface area (Å²) in [5.41, 5.74) is 4.74. The molecule has 0 aliphatic carbocycles. The normalized spacial score (nSPS) is 11.2. The minimum atomic E-state index is -0.433. The summed E-state index contributed by atoms with van der Waals surface area (Å²) >= 11 is 0. The van der Waals surface area contributed by atoms with Crippen LogP contribution in [-0.2, 0) is 0 Å². The van der Waals surface area contributed by atoms with E-state index in [1.165, 1.54) is 12.1 Å². The van der Waals surface area contributed by atoms with Crippen LogP contribution in [0, 0.1) is 6.92 Å². The molecule has 0 atom stereocenters. The van der Waals surface area contributed by atoms with E-state index in [2.05, 4.69) is 10.5 Å². The second-order valence-corrected chi connectivity index (χ2v) is 4.71. The molecule has 21 heavy (non-hydrogen) atoms. The standard InChI is InChI=1S/C16H16N2O3/c1-10-6-7-15(20)14(8-10)11(2)17-18-16(21)12-4-3-5-13(19)9-12/h3-9,19-20H,1-2H3,(H,18,21)/b17-11+. The van der Waals surface area contributed by atoms with Crippen LogP contribution in [0.2, 0.25) is 0 Å². The van der Waals surface area contributed by atoms with E-state index >= 15 is 0 Å². The summed E-state index contributed by atoms with van der Waals surface area (Å²) in [6.45, 7) is 3.60. The van der Waals surface area contributed by atoms with Crippen molar-refractivity contribution in [1.29, 1.82) is 0 Å². The molecule has 2 aromatic rings. The highest BCUT2D eigenvalue weighted by Crippen LogP contribution is 2.19. The van der Waals surface area contributed by atoms with Crippen LogP contribution in [0.4, 0.5) is 0 Å². The third kappa shape index (κ3) is 3.60. The average molecular weight is 284 g/mol. The fraction of sp³-hybridized carbons (Fsp3) is 0.125. The van der Waals surface area contributed by atoms with Gasteiger partial charge in [-0.25, -0.2) is 5.43 Å². The molecule has 3 N–H and O–H groups in total. The lowest BCUT2D eigenvalue weighted by atomic mass is 10.1. The molecule has 0 fully saturated rings. The molecule has 0 aromatic heterocycles. The quantitative estimate of drug-likeness (QED) is 0.598. The van der Waals surface area contributed by atoms with Gasteiger partial charge < -0.3 is 10.2 Å². The smallest absolute Gasteiger partial charge is 0.271 e. The number of carbonyl (C=O) groups is 1. The largest absolute Gasteiger partial charge is 0.508 e. The zero-order valence-corrected chi connectivity index (χ0v) is 11.8. The molecule has 108 valence electrons. The van der Waals surface area contributed by atoms with E-state index in [1.54, 1.807) is 37.3 Å². The highest BCUT2D eigenvalue weighted by atomic mass is 16.3. The fourth-order valence-electron chi connectivity index (χ4n) is 1.85. The molecule has 1 amide bonds. The Bertz CT molecular complexity index is 708. The molecular weight excluding hydrogens is 268 g/mol. The number of hydrazone groups is 1. The molecule has 0 saturated heterocycles. The molecule has 0 unspecified atom stereocenters. The van der Waals surface area contributed by atoms with Gasteiger partial charge in [0, 0.05) is 11.1 Å². The van der Waals surface area contributed by atoms with Gasteiger partial charge in [-0.1, -0.05) is 17.7 Å². The lowest BCUT2D eigenvalue weighted by Crippen LogP contribution is -2.19. The Morgan fingerprint density at radius 1 is 1.14 bits per heavy atom. The Kier molecular flexibility index (Phi) is 4.23. The van der Waals surface area contributed by atoms with Gasteiger partial charge in [0.2, 0.25) is 0 Å². The van der Waals surface area contributed by atoms with E-state index in [-0.39, 0.29) is 11.5 Å². The summed E-state index contributed by atoms with van der Waals surface area (Å²) in [4.78, 5) is 11.9. The van der Waals surface area contributed by atoms with Crippen molar-refractivity contribution in [3.8, 4) is 11.5 Å². The molecule has 0 aliphatic heterocycles. The number of benzene rings is 2. The Morgan fingerprint density at radius 2 is 1.90 bits per heavy atom. The van der Waals surface area contributed by atoms with Crippen LogP contribution < -0.4 is 5.43 Å². The highest BCUT2D eigenvalue weighted by Gasteiger charge is 2.08. The lowest BCUT2D eigenvalue weighted by Gasteiger charge is -2.06. The van der Waals surface area contributed by atoms with Crippen LogP contribution in [0.25, 0.3) is 0 Å². The van der Waals surface area contributed by atoms with Gasteiger partial charge in [-0.15, -0.1) is 0 Å². The van der Waals surface area contributed by atoms with E-state index in [0.717, 1.165) is 5.56 Å². The lowest BCUT2D eigenvalue weighted by molar-refractivity contribution is 0.0954. The van der Waals surface area contributed by atoms with Crippen molar-refractivity contribution in [2.75, 3.05) is 0 Å². The number of carbonyl (C=O) groups excluding carboxylic acids is 1. The van der Waals surface area contributed by atoms with E-state index in [1.807, 2.05) is 6.92 Å². The minimum Gasteiger partial charge on any atom is -0.508 e. The number of aryl methyl sites for hydroxylation is 1. The zero-order valence-electron chi connectivity index (χ0n) is 11.8. The Morgan fingerprint density at radius 3 is 2.62 bits per heavy atom.